The van der Waals surface area contributed by atoms with Gasteiger partial charge >= 0.3 is 0 Å². The summed E-state index contributed by atoms with van der Waals surface area (Å²) in [5.74, 6) is 5.92. The summed E-state index contributed by atoms with van der Waals surface area (Å²) in [5.41, 5.74) is 2.68. The van der Waals surface area contributed by atoms with E-state index in [1.54, 1.807) is 0 Å². The van der Waals surface area contributed by atoms with Gasteiger partial charge in [-0.3, -0.25) is 5.84 Å². The minimum absolute atomic E-state index is 0.0975. The van der Waals surface area contributed by atoms with E-state index in [9.17, 15) is 0 Å². The molecule has 2 aliphatic heterocycles. The van der Waals surface area contributed by atoms with Crippen LogP contribution in [0.2, 0.25) is 0 Å². The average molecular weight is 199 g/mol. The molecule has 0 aromatic carbocycles. The lowest BCUT2D eigenvalue weighted by atomic mass is 9.89. The topological polar surface area (TPSA) is 53.8 Å². The zero-order chi connectivity index (χ0) is 10.1. The molecule has 0 spiro atoms. The molecule has 0 aromatic rings. The molecule has 4 heteroatoms. The molecule has 2 aliphatic rings. The van der Waals surface area contributed by atoms with E-state index >= 15 is 0 Å². The van der Waals surface area contributed by atoms with Crippen LogP contribution in [0.5, 0.6) is 0 Å². The Morgan fingerprint density at radius 1 is 1.50 bits per heavy atom. The SMILES string of the molecule is C[C@@H](C1OC1NN)C1CCCCN1C. The van der Waals surface area contributed by atoms with Gasteiger partial charge in [0.2, 0.25) is 0 Å². The monoisotopic (exact) mass is 199 g/mol. The molecule has 2 heterocycles. The zero-order valence-corrected chi connectivity index (χ0v) is 9.07. The number of ether oxygens (including phenoxy) is 1. The number of hydrazine groups is 1. The molecular weight excluding hydrogens is 178 g/mol. The summed E-state index contributed by atoms with van der Waals surface area (Å²) in [7, 11) is 2.22. The molecular formula is C10H21N3O. The van der Waals surface area contributed by atoms with E-state index in [0.29, 0.717) is 18.1 Å². The van der Waals surface area contributed by atoms with Crippen LogP contribution in [-0.2, 0) is 4.74 Å². The van der Waals surface area contributed by atoms with Crippen LogP contribution in [0.25, 0.3) is 0 Å². The normalized spacial score (nSPS) is 40.9. The van der Waals surface area contributed by atoms with Crippen molar-refractivity contribution in [1.82, 2.24) is 10.3 Å². The van der Waals surface area contributed by atoms with Gasteiger partial charge in [0.25, 0.3) is 0 Å². The summed E-state index contributed by atoms with van der Waals surface area (Å²) < 4.78 is 5.47. The first-order valence-electron chi connectivity index (χ1n) is 5.56. The molecule has 0 radical (unpaired) electrons. The maximum Gasteiger partial charge on any atom is 0.147 e. The van der Waals surface area contributed by atoms with Gasteiger partial charge in [0.15, 0.2) is 0 Å². The highest BCUT2D eigenvalue weighted by Gasteiger charge is 2.46. The Kier molecular flexibility index (Phi) is 3.07. The molecule has 4 nitrogen and oxygen atoms in total. The van der Waals surface area contributed by atoms with E-state index in [0.717, 1.165) is 0 Å². The fraction of sp³-hybridized carbons (Fsp3) is 1.00. The maximum atomic E-state index is 5.47. The standard InChI is InChI=1S/C10H21N3O/c1-7(9-10(12-11)14-9)8-5-3-4-6-13(8)2/h7-10,12H,3-6,11H2,1-2H3/t7-,8?,9?,10?/m1/s1. The number of nitrogens with one attached hydrogen (secondary N) is 1. The van der Waals surface area contributed by atoms with Crippen molar-refractivity contribution < 1.29 is 4.74 Å². The molecule has 4 atom stereocenters. The Labute approximate surface area is 85.7 Å². The van der Waals surface area contributed by atoms with Gasteiger partial charge in [-0.05, 0) is 26.4 Å². The molecule has 2 fully saturated rings. The van der Waals surface area contributed by atoms with Gasteiger partial charge in [0, 0.05) is 12.0 Å². The summed E-state index contributed by atoms with van der Waals surface area (Å²) in [5, 5.41) is 0. The summed E-state index contributed by atoms with van der Waals surface area (Å²) >= 11 is 0. The van der Waals surface area contributed by atoms with Crippen molar-refractivity contribution in [2.24, 2.45) is 11.8 Å². The number of epoxide rings is 1. The molecule has 0 amide bonds. The van der Waals surface area contributed by atoms with E-state index in [2.05, 4.69) is 24.3 Å². The number of rotatable bonds is 3. The molecule has 0 bridgehead atoms. The fourth-order valence-electron chi connectivity index (χ4n) is 2.64. The van der Waals surface area contributed by atoms with Crippen molar-refractivity contribution >= 4 is 0 Å². The largest absolute Gasteiger partial charge is 0.352 e. The van der Waals surface area contributed by atoms with Crippen LogP contribution >= 0.6 is 0 Å². The van der Waals surface area contributed by atoms with E-state index in [1.165, 1.54) is 25.8 Å². The highest BCUT2D eigenvalue weighted by molar-refractivity contribution is 4.92. The van der Waals surface area contributed by atoms with E-state index < -0.39 is 0 Å². The average Bonchev–Trinajstić information content (AvgIpc) is 2.96. The number of nitrogens with two attached hydrogens (primary N) is 1. The van der Waals surface area contributed by atoms with E-state index in [1.807, 2.05) is 0 Å². The van der Waals surface area contributed by atoms with Gasteiger partial charge in [-0.2, -0.15) is 0 Å². The summed E-state index contributed by atoms with van der Waals surface area (Å²) in [6.45, 7) is 3.50. The minimum Gasteiger partial charge on any atom is -0.352 e. The first kappa shape index (κ1) is 10.4. The molecule has 3 unspecified atom stereocenters. The molecule has 14 heavy (non-hydrogen) atoms. The Hall–Kier alpha value is -0.160. The Morgan fingerprint density at radius 3 is 2.86 bits per heavy atom. The van der Waals surface area contributed by atoms with E-state index in [-0.39, 0.29) is 6.23 Å². The smallest absolute Gasteiger partial charge is 0.147 e. The van der Waals surface area contributed by atoms with Crippen LogP contribution < -0.4 is 11.3 Å². The summed E-state index contributed by atoms with van der Waals surface area (Å²) in [6.07, 6.45) is 4.41. The molecule has 0 aliphatic carbocycles. The van der Waals surface area contributed by atoms with Crippen molar-refractivity contribution in [2.75, 3.05) is 13.6 Å². The van der Waals surface area contributed by atoms with Gasteiger partial charge in [0.1, 0.15) is 12.3 Å². The number of piperidine rings is 1. The molecule has 0 saturated carbocycles. The third-order valence-electron chi connectivity index (χ3n) is 3.64. The highest BCUT2D eigenvalue weighted by Crippen LogP contribution is 2.33. The lowest BCUT2D eigenvalue weighted by molar-refractivity contribution is 0.119. The number of hydrogen-bond acceptors (Lipinski definition) is 4. The predicted octanol–water partition coefficient (Wildman–Crippen LogP) is 0.295. The summed E-state index contributed by atoms with van der Waals surface area (Å²) in [4.78, 5) is 2.46. The van der Waals surface area contributed by atoms with Crippen LogP contribution in [0.15, 0.2) is 0 Å². The second-order valence-corrected chi connectivity index (χ2v) is 4.59. The third-order valence-corrected chi connectivity index (χ3v) is 3.64. The fourth-order valence-corrected chi connectivity index (χ4v) is 2.64. The lowest BCUT2D eigenvalue weighted by Crippen LogP contribution is -2.43. The maximum absolute atomic E-state index is 5.47. The molecule has 82 valence electrons. The van der Waals surface area contributed by atoms with Crippen LogP contribution in [0, 0.1) is 5.92 Å². The number of nitrogens with zero attached hydrogens (tertiary/aromatic N) is 1. The second kappa shape index (κ2) is 4.14. The predicted molar refractivity (Wildman–Crippen MR) is 55.4 cm³/mol. The molecule has 0 aromatic heterocycles. The lowest BCUT2D eigenvalue weighted by Gasteiger charge is -2.36. The molecule has 2 rings (SSSR count). The van der Waals surface area contributed by atoms with Gasteiger partial charge in [-0.25, -0.2) is 5.43 Å². The number of hydrogen-bond donors (Lipinski definition) is 2. The van der Waals surface area contributed by atoms with Crippen molar-refractivity contribution in [3.63, 3.8) is 0 Å². The van der Waals surface area contributed by atoms with E-state index in [4.69, 9.17) is 10.6 Å². The van der Waals surface area contributed by atoms with Gasteiger partial charge < -0.3 is 9.64 Å². The van der Waals surface area contributed by atoms with Crippen molar-refractivity contribution in [3.05, 3.63) is 0 Å². The van der Waals surface area contributed by atoms with Crippen molar-refractivity contribution in [1.29, 1.82) is 0 Å². The second-order valence-electron chi connectivity index (χ2n) is 4.59. The third kappa shape index (κ3) is 1.93. The Balaban J connectivity index is 1.87. The quantitative estimate of drug-likeness (QED) is 0.390. The Bertz CT molecular complexity index is 200. The Morgan fingerprint density at radius 2 is 2.29 bits per heavy atom. The first-order valence-corrected chi connectivity index (χ1v) is 5.56. The van der Waals surface area contributed by atoms with Crippen LogP contribution in [-0.4, -0.2) is 36.9 Å². The van der Waals surface area contributed by atoms with Gasteiger partial charge in [-0.15, -0.1) is 0 Å². The van der Waals surface area contributed by atoms with Crippen LogP contribution in [0.4, 0.5) is 0 Å². The van der Waals surface area contributed by atoms with Crippen molar-refractivity contribution in [3.8, 4) is 0 Å². The van der Waals surface area contributed by atoms with Gasteiger partial charge in [-0.1, -0.05) is 13.3 Å². The summed E-state index contributed by atoms with van der Waals surface area (Å²) in [6, 6.07) is 0.673. The van der Waals surface area contributed by atoms with Crippen molar-refractivity contribution in [2.45, 2.75) is 44.6 Å². The first-order chi connectivity index (χ1) is 6.74. The zero-order valence-electron chi connectivity index (χ0n) is 9.07. The molecule has 3 N–H and O–H groups in total. The van der Waals surface area contributed by atoms with Crippen LogP contribution in [0.3, 0.4) is 0 Å². The molecule has 2 saturated heterocycles. The van der Waals surface area contributed by atoms with Crippen LogP contribution in [0.1, 0.15) is 26.2 Å². The number of likely N-dealkylation sites (tertiary alicyclic amines) is 1. The minimum atomic E-state index is 0.0975. The highest BCUT2D eigenvalue weighted by atomic mass is 16.6. The van der Waals surface area contributed by atoms with Gasteiger partial charge in [0.05, 0.1) is 0 Å².